The van der Waals surface area contributed by atoms with Gasteiger partial charge in [0.25, 0.3) is 0 Å². The number of urea groups is 1. The second-order valence-corrected chi connectivity index (χ2v) is 7.46. The summed E-state index contributed by atoms with van der Waals surface area (Å²) in [6, 6.07) is 7.02. The van der Waals surface area contributed by atoms with Crippen LogP contribution in [0.2, 0.25) is 5.02 Å². The van der Waals surface area contributed by atoms with Gasteiger partial charge in [-0.25, -0.2) is 4.79 Å². The predicted octanol–water partition coefficient (Wildman–Crippen LogP) is 4.08. The summed E-state index contributed by atoms with van der Waals surface area (Å²) in [5.74, 6) is 0. The molecule has 2 aromatic rings. The van der Waals surface area contributed by atoms with Crippen molar-refractivity contribution in [2.24, 2.45) is 0 Å². The van der Waals surface area contributed by atoms with Crippen LogP contribution in [0.15, 0.2) is 39.7 Å². The maximum absolute atomic E-state index is 12.8. The van der Waals surface area contributed by atoms with E-state index in [-0.39, 0.29) is 23.7 Å². The number of anilines is 1. The van der Waals surface area contributed by atoms with Crippen molar-refractivity contribution in [3.05, 3.63) is 61.4 Å². The van der Waals surface area contributed by atoms with E-state index in [0.29, 0.717) is 10.7 Å². The molecular weight excluding hydrogens is 394 g/mol. The second kappa shape index (κ2) is 5.93. The van der Waals surface area contributed by atoms with Crippen LogP contribution < -0.4 is 10.9 Å². The Labute approximate surface area is 152 Å². The maximum atomic E-state index is 12.8. The molecule has 124 valence electrons. The van der Waals surface area contributed by atoms with Gasteiger partial charge in [0.05, 0.1) is 11.1 Å². The minimum Gasteiger partial charge on any atom is -0.329 e. The van der Waals surface area contributed by atoms with Crippen LogP contribution in [0.3, 0.4) is 0 Å². The first-order valence-corrected chi connectivity index (χ1v) is 8.96. The lowest BCUT2D eigenvalue weighted by molar-refractivity contribution is 0.179. The van der Waals surface area contributed by atoms with Gasteiger partial charge in [0.2, 0.25) is 5.56 Å². The molecule has 5 nitrogen and oxygen atoms in total. The van der Waals surface area contributed by atoms with Crippen molar-refractivity contribution in [1.82, 2.24) is 9.88 Å². The summed E-state index contributed by atoms with van der Waals surface area (Å²) in [5.41, 5.74) is 2.68. The zero-order valence-corrected chi connectivity index (χ0v) is 15.0. The van der Waals surface area contributed by atoms with Gasteiger partial charge in [-0.1, -0.05) is 11.6 Å². The molecule has 1 fully saturated rings. The van der Waals surface area contributed by atoms with E-state index in [4.69, 9.17) is 11.6 Å². The van der Waals surface area contributed by atoms with Gasteiger partial charge in [0, 0.05) is 28.5 Å². The van der Waals surface area contributed by atoms with Crippen molar-refractivity contribution in [3.8, 4) is 0 Å². The van der Waals surface area contributed by atoms with Crippen molar-refractivity contribution < 1.29 is 4.79 Å². The first-order valence-electron chi connectivity index (χ1n) is 7.79. The summed E-state index contributed by atoms with van der Waals surface area (Å²) in [4.78, 5) is 28.9. The molecule has 0 aliphatic carbocycles. The van der Waals surface area contributed by atoms with Crippen LogP contribution in [0.1, 0.15) is 30.0 Å². The normalized spacial score (nSPS) is 21.5. The summed E-state index contributed by atoms with van der Waals surface area (Å²) in [5, 5.41) is 3.49. The van der Waals surface area contributed by atoms with Crippen LogP contribution in [0.5, 0.6) is 0 Å². The van der Waals surface area contributed by atoms with E-state index in [2.05, 4.69) is 26.2 Å². The number of nitrogens with one attached hydrogen (secondary N) is 2. The molecule has 1 saturated heterocycles. The Morgan fingerprint density at radius 3 is 2.96 bits per heavy atom. The van der Waals surface area contributed by atoms with Crippen LogP contribution in [0, 0.1) is 0 Å². The molecule has 24 heavy (non-hydrogen) atoms. The first kappa shape index (κ1) is 15.7. The minimum absolute atomic E-state index is 0.0153. The third-order valence-electron chi connectivity index (χ3n) is 4.77. The molecule has 2 amide bonds. The number of amides is 2. The molecule has 0 saturated carbocycles. The van der Waals surface area contributed by atoms with Crippen LogP contribution in [-0.2, 0) is 6.42 Å². The average molecular weight is 409 g/mol. The van der Waals surface area contributed by atoms with Gasteiger partial charge in [-0.3, -0.25) is 4.79 Å². The van der Waals surface area contributed by atoms with Crippen molar-refractivity contribution in [3.63, 3.8) is 0 Å². The summed E-state index contributed by atoms with van der Waals surface area (Å²) < 4.78 is 0.790. The van der Waals surface area contributed by atoms with E-state index in [0.717, 1.165) is 34.9 Å². The highest BCUT2D eigenvalue weighted by Gasteiger charge is 2.42. The molecular formula is C17H15BrClN3O2. The molecule has 1 aromatic heterocycles. The van der Waals surface area contributed by atoms with Crippen molar-refractivity contribution in [2.45, 2.75) is 31.3 Å². The molecule has 2 bridgehead atoms. The molecule has 2 N–H and O–H groups in total. The molecule has 0 spiro atoms. The molecule has 0 radical (unpaired) electrons. The van der Waals surface area contributed by atoms with E-state index < -0.39 is 0 Å². The number of aromatic amines is 1. The van der Waals surface area contributed by atoms with Crippen molar-refractivity contribution >= 4 is 39.2 Å². The number of fused-ring (bicyclic) bond motifs is 4. The zero-order valence-electron chi connectivity index (χ0n) is 12.7. The number of carbonyl (C=O) groups is 1. The van der Waals surface area contributed by atoms with Gasteiger partial charge >= 0.3 is 6.03 Å². The van der Waals surface area contributed by atoms with Crippen LogP contribution >= 0.6 is 27.5 Å². The average Bonchev–Trinajstić information content (AvgIpc) is 2.86. The number of H-pyrrole nitrogens is 1. The number of rotatable bonds is 1. The van der Waals surface area contributed by atoms with Gasteiger partial charge in [0.15, 0.2) is 0 Å². The Kier molecular flexibility index (Phi) is 3.89. The van der Waals surface area contributed by atoms with Gasteiger partial charge in [-0.05, 0) is 64.5 Å². The van der Waals surface area contributed by atoms with Crippen LogP contribution in [0.25, 0.3) is 0 Å². The van der Waals surface area contributed by atoms with E-state index >= 15 is 0 Å². The van der Waals surface area contributed by atoms with Gasteiger partial charge in [-0.15, -0.1) is 0 Å². The lowest BCUT2D eigenvalue weighted by Crippen LogP contribution is -2.44. The number of pyridine rings is 1. The molecule has 0 unspecified atom stereocenters. The number of hydrogen-bond donors (Lipinski definition) is 2. The maximum Gasteiger partial charge on any atom is 0.322 e. The van der Waals surface area contributed by atoms with Crippen molar-refractivity contribution in [2.75, 3.05) is 5.32 Å². The fourth-order valence-electron chi connectivity index (χ4n) is 3.72. The number of benzene rings is 1. The molecule has 2 atom stereocenters. The van der Waals surface area contributed by atoms with Crippen molar-refractivity contribution in [1.29, 1.82) is 0 Å². The fraction of sp³-hybridized carbons (Fsp3) is 0.294. The topological polar surface area (TPSA) is 65.2 Å². The second-order valence-electron chi connectivity index (χ2n) is 6.20. The molecule has 2 aliphatic heterocycles. The van der Waals surface area contributed by atoms with E-state index in [1.54, 1.807) is 18.3 Å². The van der Waals surface area contributed by atoms with Gasteiger partial charge < -0.3 is 15.2 Å². The Bertz CT molecular complexity index is 882. The Balaban J connectivity index is 1.60. The van der Waals surface area contributed by atoms with E-state index in [9.17, 15) is 9.59 Å². The summed E-state index contributed by atoms with van der Waals surface area (Å²) in [7, 11) is 0. The van der Waals surface area contributed by atoms with E-state index in [1.807, 2.05) is 17.0 Å². The van der Waals surface area contributed by atoms with Gasteiger partial charge in [-0.2, -0.15) is 0 Å². The third-order valence-corrected chi connectivity index (χ3v) is 6.00. The summed E-state index contributed by atoms with van der Waals surface area (Å²) >= 11 is 9.43. The number of carbonyl (C=O) groups excluding carboxylic acids is 1. The first-order chi connectivity index (χ1) is 11.5. The summed E-state index contributed by atoms with van der Waals surface area (Å²) in [6.07, 6.45) is 4.34. The molecule has 2 aliphatic rings. The largest absolute Gasteiger partial charge is 0.329 e. The number of nitrogens with zero attached hydrogens (tertiary/aromatic N) is 1. The monoisotopic (exact) mass is 407 g/mol. The fourth-order valence-corrected chi connectivity index (χ4v) is 4.15. The van der Waals surface area contributed by atoms with Gasteiger partial charge in [0.1, 0.15) is 0 Å². The molecule has 7 heteroatoms. The smallest absolute Gasteiger partial charge is 0.322 e. The molecule has 4 rings (SSSR count). The Hall–Kier alpha value is -1.79. The van der Waals surface area contributed by atoms with Crippen LogP contribution in [0.4, 0.5) is 10.5 Å². The highest BCUT2D eigenvalue weighted by Crippen LogP contribution is 2.43. The SMILES string of the molecule is O=C(Nc1ccc(Br)c(Cl)c1)N1[C@H]2CC[C@@H]1c1c[nH]c(=O)cc1C2. The summed E-state index contributed by atoms with van der Waals surface area (Å²) in [6.45, 7) is 0. The quantitative estimate of drug-likeness (QED) is 0.746. The number of halogens is 2. The lowest BCUT2D eigenvalue weighted by Gasteiger charge is -2.36. The number of hydrogen-bond acceptors (Lipinski definition) is 2. The predicted molar refractivity (Wildman–Crippen MR) is 96.5 cm³/mol. The highest BCUT2D eigenvalue weighted by atomic mass is 79.9. The standard InChI is InChI=1S/C17H15BrClN3O2/c18-13-3-1-10(7-14(13)19)21-17(24)22-11-2-4-15(22)12-8-20-16(23)6-9(12)5-11/h1,3,6-8,11,15H,2,4-5H2,(H,20,23)(H,21,24)/t11-,15+/m0/s1. The Morgan fingerprint density at radius 2 is 2.17 bits per heavy atom. The molecule has 3 heterocycles. The number of aromatic nitrogens is 1. The Morgan fingerprint density at radius 1 is 1.33 bits per heavy atom. The van der Waals surface area contributed by atoms with E-state index in [1.165, 1.54) is 0 Å². The molecule has 1 aromatic carbocycles. The lowest BCUT2D eigenvalue weighted by atomic mass is 9.95. The third kappa shape index (κ3) is 2.63. The highest BCUT2D eigenvalue weighted by molar-refractivity contribution is 9.10. The van der Waals surface area contributed by atoms with Crippen LogP contribution in [-0.4, -0.2) is 22.0 Å². The minimum atomic E-state index is -0.127. The zero-order chi connectivity index (χ0) is 16.8.